The number of hydrogen-bond acceptors (Lipinski definition) is 3. The van der Waals surface area contributed by atoms with Crippen LogP contribution in [0.4, 0.5) is 5.69 Å². The fourth-order valence-electron chi connectivity index (χ4n) is 2.18. The molecule has 1 aliphatic heterocycles. The van der Waals surface area contributed by atoms with Crippen molar-refractivity contribution in [1.29, 1.82) is 0 Å². The fourth-order valence-corrected chi connectivity index (χ4v) is 2.18. The van der Waals surface area contributed by atoms with Crippen LogP contribution in [0.2, 0.25) is 0 Å². The van der Waals surface area contributed by atoms with E-state index in [9.17, 15) is 4.79 Å². The SMILES string of the molecule is CC(C)(CCN)NCc1ccc2c(c1)CC(=O)N2. The quantitative estimate of drug-likeness (QED) is 0.736. The zero-order valence-electron chi connectivity index (χ0n) is 11.0. The van der Waals surface area contributed by atoms with Gasteiger partial charge in [-0.15, -0.1) is 0 Å². The first-order valence-corrected chi connectivity index (χ1v) is 6.37. The van der Waals surface area contributed by atoms with Crippen molar-refractivity contribution in [3.05, 3.63) is 29.3 Å². The molecular weight excluding hydrogens is 226 g/mol. The molecule has 18 heavy (non-hydrogen) atoms. The van der Waals surface area contributed by atoms with Gasteiger partial charge in [0.05, 0.1) is 6.42 Å². The Balaban J connectivity index is 1.99. The van der Waals surface area contributed by atoms with Gasteiger partial charge in [-0.2, -0.15) is 0 Å². The molecular formula is C14H21N3O. The van der Waals surface area contributed by atoms with Crippen molar-refractivity contribution < 1.29 is 4.79 Å². The second-order valence-corrected chi connectivity index (χ2v) is 5.49. The number of nitrogens with two attached hydrogens (primary N) is 1. The largest absolute Gasteiger partial charge is 0.330 e. The van der Waals surface area contributed by atoms with Gasteiger partial charge in [0.25, 0.3) is 0 Å². The van der Waals surface area contributed by atoms with Gasteiger partial charge in [0.15, 0.2) is 0 Å². The summed E-state index contributed by atoms with van der Waals surface area (Å²) in [7, 11) is 0. The maximum absolute atomic E-state index is 11.3. The molecule has 0 radical (unpaired) electrons. The minimum atomic E-state index is 0.0435. The Labute approximate surface area is 108 Å². The van der Waals surface area contributed by atoms with Crippen molar-refractivity contribution in [2.45, 2.75) is 38.8 Å². The minimum Gasteiger partial charge on any atom is -0.330 e. The van der Waals surface area contributed by atoms with E-state index in [0.717, 1.165) is 24.2 Å². The lowest BCUT2D eigenvalue weighted by Crippen LogP contribution is -2.40. The zero-order chi connectivity index (χ0) is 13.2. The number of nitrogens with one attached hydrogen (secondary N) is 2. The molecule has 0 spiro atoms. The summed E-state index contributed by atoms with van der Waals surface area (Å²) in [5.41, 5.74) is 8.88. The summed E-state index contributed by atoms with van der Waals surface area (Å²) in [5, 5.41) is 6.33. The van der Waals surface area contributed by atoms with Crippen LogP contribution in [-0.2, 0) is 17.8 Å². The van der Waals surface area contributed by atoms with E-state index in [1.54, 1.807) is 0 Å². The first kappa shape index (κ1) is 13.1. The van der Waals surface area contributed by atoms with E-state index >= 15 is 0 Å². The van der Waals surface area contributed by atoms with Crippen LogP contribution in [0.25, 0.3) is 0 Å². The number of carbonyl (C=O) groups excluding carboxylic acids is 1. The number of benzene rings is 1. The Morgan fingerprint density at radius 1 is 1.44 bits per heavy atom. The molecule has 98 valence electrons. The number of amides is 1. The Morgan fingerprint density at radius 2 is 2.22 bits per heavy atom. The van der Waals surface area contributed by atoms with Crippen LogP contribution < -0.4 is 16.4 Å². The van der Waals surface area contributed by atoms with Crippen LogP contribution in [0.1, 0.15) is 31.4 Å². The molecule has 4 nitrogen and oxygen atoms in total. The molecule has 0 fully saturated rings. The highest BCUT2D eigenvalue weighted by Crippen LogP contribution is 2.24. The molecule has 1 aromatic rings. The standard InChI is InChI=1S/C14H21N3O/c1-14(2,5-6-15)16-9-10-3-4-12-11(7-10)8-13(18)17-12/h3-4,7,16H,5-6,8-9,15H2,1-2H3,(H,17,18). The second-order valence-electron chi connectivity index (χ2n) is 5.49. The summed E-state index contributed by atoms with van der Waals surface area (Å²) in [6.45, 7) is 5.79. The van der Waals surface area contributed by atoms with Crippen LogP contribution >= 0.6 is 0 Å². The lowest BCUT2D eigenvalue weighted by molar-refractivity contribution is -0.115. The van der Waals surface area contributed by atoms with Crippen molar-refractivity contribution in [2.24, 2.45) is 5.73 Å². The first-order chi connectivity index (χ1) is 8.50. The molecule has 4 heteroatoms. The highest BCUT2D eigenvalue weighted by molar-refractivity contribution is 5.99. The number of anilines is 1. The molecule has 1 amide bonds. The Hall–Kier alpha value is -1.39. The van der Waals surface area contributed by atoms with Gasteiger partial charge in [-0.05, 0) is 44.0 Å². The normalized spacial score (nSPS) is 14.5. The van der Waals surface area contributed by atoms with Crippen LogP contribution in [0, 0.1) is 0 Å². The Morgan fingerprint density at radius 3 is 2.94 bits per heavy atom. The molecule has 0 aliphatic carbocycles. The minimum absolute atomic E-state index is 0.0435. The second kappa shape index (κ2) is 5.08. The molecule has 4 N–H and O–H groups in total. The van der Waals surface area contributed by atoms with Crippen LogP contribution in [0.3, 0.4) is 0 Å². The van der Waals surface area contributed by atoms with Crippen LogP contribution in [-0.4, -0.2) is 18.0 Å². The van der Waals surface area contributed by atoms with E-state index in [2.05, 4.69) is 36.6 Å². The molecule has 0 atom stereocenters. The van der Waals surface area contributed by atoms with Gasteiger partial charge in [0.2, 0.25) is 5.91 Å². The number of hydrogen-bond donors (Lipinski definition) is 3. The predicted molar refractivity (Wildman–Crippen MR) is 73.4 cm³/mol. The summed E-state index contributed by atoms with van der Waals surface area (Å²) in [5.74, 6) is 0.0820. The summed E-state index contributed by atoms with van der Waals surface area (Å²) in [6, 6.07) is 6.13. The van der Waals surface area contributed by atoms with Crippen molar-refractivity contribution >= 4 is 11.6 Å². The van der Waals surface area contributed by atoms with Crippen LogP contribution in [0.5, 0.6) is 0 Å². The Kier molecular flexibility index (Phi) is 3.68. The van der Waals surface area contributed by atoms with E-state index in [-0.39, 0.29) is 11.4 Å². The molecule has 0 saturated carbocycles. The zero-order valence-corrected chi connectivity index (χ0v) is 11.0. The van der Waals surface area contributed by atoms with Gasteiger partial charge >= 0.3 is 0 Å². The third kappa shape index (κ3) is 3.09. The summed E-state index contributed by atoms with van der Waals surface area (Å²) < 4.78 is 0. The average molecular weight is 247 g/mol. The molecule has 0 aromatic heterocycles. The van der Waals surface area contributed by atoms with E-state index < -0.39 is 0 Å². The monoisotopic (exact) mass is 247 g/mol. The van der Waals surface area contributed by atoms with Crippen molar-refractivity contribution in [1.82, 2.24) is 5.32 Å². The maximum Gasteiger partial charge on any atom is 0.228 e. The maximum atomic E-state index is 11.3. The van der Waals surface area contributed by atoms with E-state index in [0.29, 0.717) is 13.0 Å². The molecule has 2 rings (SSSR count). The van der Waals surface area contributed by atoms with Gasteiger partial charge < -0.3 is 16.4 Å². The van der Waals surface area contributed by atoms with Gasteiger partial charge in [-0.25, -0.2) is 0 Å². The van der Waals surface area contributed by atoms with E-state index in [4.69, 9.17) is 5.73 Å². The molecule has 0 unspecified atom stereocenters. The highest BCUT2D eigenvalue weighted by atomic mass is 16.1. The van der Waals surface area contributed by atoms with Crippen molar-refractivity contribution in [3.63, 3.8) is 0 Å². The van der Waals surface area contributed by atoms with Gasteiger partial charge in [-0.3, -0.25) is 4.79 Å². The topological polar surface area (TPSA) is 67.1 Å². The average Bonchev–Trinajstić information content (AvgIpc) is 2.65. The first-order valence-electron chi connectivity index (χ1n) is 6.37. The number of fused-ring (bicyclic) bond motifs is 1. The van der Waals surface area contributed by atoms with E-state index in [1.165, 1.54) is 5.56 Å². The highest BCUT2D eigenvalue weighted by Gasteiger charge is 2.19. The number of carbonyl (C=O) groups is 1. The molecule has 0 saturated heterocycles. The molecule has 1 aliphatic rings. The summed E-state index contributed by atoms with van der Waals surface area (Å²) in [6.07, 6.45) is 1.44. The fraction of sp³-hybridized carbons (Fsp3) is 0.500. The molecule has 1 heterocycles. The Bertz CT molecular complexity index is 454. The van der Waals surface area contributed by atoms with Gasteiger partial charge in [0.1, 0.15) is 0 Å². The van der Waals surface area contributed by atoms with Gasteiger partial charge in [0, 0.05) is 17.8 Å². The number of rotatable bonds is 5. The third-order valence-corrected chi connectivity index (χ3v) is 3.34. The van der Waals surface area contributed by atoms with Crippen molar-refractivity contribution in [2.75, 3.05) is 11.9 Å². The van der Waals surface area contributed by atoms with Crippen molar-refractivity contribution in [3.8, 4) is 0 Å². The third-order valence-electron chi connectivity index (χ3n) is 3.34. The predicted octanol–water partition coefficient (Wildman–Crippen LogP) is 1.40. The lowest BCUT2D eigenvalue weighted by atomic mass is 10.00. The smallest absolute Gasteiger partial charge is 0.228 e. The molecule has 1 aromatic carbocycles. The molecule has 0 bridgehead atoms. The summed E-state index contributed by atoms with van der Waals surface area (Å²) >= 11 is 0. The lowest BCUT2D eigenvalue weighted by Gasteiger charge is -2.26. The van der Waals surface area contributed by atoms with Crippen LogP contribution in [0.15, 0.2) is 18.2 Å². The van der Waals surface area contributed by atoms with E-state index in [1.807, 2.05) is 6.07 Å². The van der Waals surface area contributed by atoms with Gasteiger partial charge in [-0.1, -0.05) is 12.1 Å². The summed E-state index contributed by atoms with van der Waals surface area (Å²) in [4.78, 5) is 11.3.